The second-order valence-electron chi connectivity index (χ2n) is 8.14. The summed E-state index contributed by atoms with van der Waals surface area (Å²) in [7, 11) is 0. The van der Waals surface area contributed by atoms with Crippen LogP contribution in [0.25, 0.3) is 0 Å². The van der Waals surface area contributed by atoms with E-state index in [1.54, 1.807) is 12.4 Å². The lowest BCUT2D eigenvalue weighted by molar-refractivity contribution is -0.120. The third-order valence-corrected chi connectivity index (χ3v) is 6.68. The number of amides is 3. The van der Waals surface area contributed by atoms with E-state index in [-0.39, 0.29) is 30.4 Å². The van der Waals surface area contributed by atoms with Crippen LogP contribution in [0, 0.1) is 0 Å². The van der Waals surface area contributed by atoms with Crippen LogP contribution in [0.4, 0.5) is 15.9 Å². The molecule has 0 unspecified atom stereocenters. The van der Waals surface area contributed by atoms with E-state index in [0.717, 1.165) is 21.3 Å². The van der Waals surface area contributed by atoms with Crippen molar-refractivity contribution >= 4 is 50.3 Å². The summed E-state index contributed by atoms with van der Waals surface area (Å²) < 4.78 is 1.03. The molecule has 3 N–H and O–H groups in total. The summed E-state index contributed by atoms with van der Waals surface area (Å²) in [5.74, 6) is 0.458. The van der Waals surface area contributed by atoms with Crippen LogP contribution < -0.4 is 20.9 Å². The van der Waals surface area contributed by atoms with E-state index in [4.69, 9.17) is 0 Å². The highest BCUT2D eigenvalue weighted by atomic mass is 79.9. The smallest absolute Gasteiger partial charge is 0.321 e. The van der Waals surface area contributed by atoms with Gasteiger partial charge in [-0.25, -0.2) is 19.7 Å². The maximum atomic E-state index is 12.3. The molecule has 0 bridgehead atoms. The van der Waals surface area contributed by atoms with Crippen LogP contribution in [-0.2, 0) is 16.8 Å². The molecule has 3 amide bonds. The number of carbonyl (C=O) groups is 2. The van der Waals surface area contributed by atoms with Gasteiger partial charge in [0.2, 0.25) is 11.9 Å². The fourth-order valence-corrected chi connectivity index (χ4v) is 4.51. The maximum Gasteiger partial charge on any atom is 0.321 e. The zero-order valence-corrected chi connectivity index (χ0v) is 20.7. The topological polar surface area (TPSA) is 112 Å². The number of piperazine rings is 1. The number of thiazole rings is 1. The van der Waals surface area contributed by atoms with Gasteiger partial charge in [0.05, 0.1) is 12.2 Å². The summed E-state index contributed by atoms with van der Waals surface area (Å²) in [6.45, 7) is 5.97. The van der Waals surface area contributed by atoms with Crippen molar-refractivity contribution < 1.29 is 9.59 Å². The quantitative estimate of drug-likeness (QED) is 0.451. The number of benzene rings is 1. The molecule has 0 saturated carbocycles. The third kappa shape index (κ3) is 5.66. The lowest BCUT2D eigenvalue weighted by Crippen LogP contribution is -2.48. The molecule has 1 aromatic carbocycles. The number of anilines is 2. The molecule has 1 aliphatic rings. The van der Waals surface area contributed by atoms with Gasteiger partial charge in [0, 0.05) is 52.9 Å². The lowest BCUT2D eigenvalue weighted by atomic mass is 9.82. The Kier molecular flexibility index (Phi) is 6.89. The first kappa shape index (κ1) is 23.1. The molecule has 0 aliphatic carbocycles. The van der Waals surface area contributed by atoms with Gasteiger partial charge in [-0.15, -0.1) is 11.3 Å². The molecule has 172 valence electrons. The molecular weight excluding hydrogens is 506 g/mol. The van der Waals surface area contributed by atoms with Crippen LogP contribution in [0.3, 0.4) is 0 Å². The predicted octanol–water partition coefficient (Wildman–Crippen LogP) is 3.28. The van der Waals surface area contributed by atoms with E-state index in [2.05, 4.69) is 72.8 Å². The summed E-state index contributed by atoms with van der Waals surface area (Å²) in [6, 6.07) is 7.80. The van der Waals surface area contributed by atoms with Crippen molar-refractivity contribution in [3.8, 4) is 0 Å². The molecule has 11 heteroatoms. The molecule has 2 aromatic heterocycles. The van der Waals surface area contributed by atoms with Crippen molar-refractivity contribution in [1.29, 1.82) is 0 Å². The van der Waals surface area contributed by atoms with Crippen molar-refractivity contribution in [2.24, 2.45) is 0 Å². The number of nitrogens with zero attached hydrogens (tertiary/aromatic N) is 4. The van der Waals surface area contributed by atoms with E-state index in [0.29, 0.717) is 24.2 Å². The molecule has 9 nitrogen and oxygen atoms in total. The Morgan fingerprint density at radius 3 is 2.67 bits per heavy atom. The summed E-state index contributed by atoms with van der Waals surface area (Å²) in [5, 5.41) is 10.8. The van der Waals surface area contributed by atoms with E-state index in [1.165, 1.54) is 11.3 Å². The first-order valence-corrected chi connectivity index (χ1v) is 12.1. The van der Waals surface area contributed by atoms with Gasteiger partial charge >= 0.3 is 6.03 Å². The molecule has 0 atom stereocenters. The molecule has 1 saturated heterocycles. The number of hydrogen-bond donors (Lipinski definition) is 3. The third-order valence-electron chi connectivity index (χ3n) is 5.40. The Morgan fingerprint density at radius 1 is 1.24 bits per heavy atom. The zero-order valence-electron chi connectivity index (χ0n) is 18.3. The Labute approximate surface area is 204 Å². The summed E-state index contributed by atoms with van der Waals surface area (Å²) in [5.41, 5.74) is 2.49. The van der Waals surface area contributed by atoms with Crippen LogP contribution in [0.1, 0.15) is 30.7 Å². The van der Waals surface area contributed by atoms with Gasteiger partial charge in [-0.2, -0.15) is 0 Å². The van der Waals surface area contributed by atoms with Gasteiger partial charge in [-0.1, -0.05) is 41.9 Å². The molecule has 33 heavy (non-hydrogen) atoms. The average Bonchev–Trinajstić information content (AvgIpc) is 3.28. The minimum absolute atomic E-state index is 0.0437. The van der Waals surface area contributed by atoms with Crippen molar-refractivity contribution in [1.82, 2.24) is 25.6 Å². The van der Waals surface area contributed by atoms with Crippen molar-refractivity contribution in [2.45, 2.75) is 25.8 Å². The van der Waals surface area contributed by atoms with E-state index < -0.39 is 0 Å². The Bertz CT molecular complexity index is 1130. The van der Waals surface area contributed by atoms with E-state index >= 15 is 0 Å². The zero-order chi connectivity index (χ0) is 23.4. The Balaban J connectivity index is 1.31. The minimum atomic E-state index is -0.353. The molecule has 3 heterocycles. The average molecular weight is 530 g/mol. The van der Waals surface area contributed by atoms with Crippen molar-refractivity contribution in [3.05, 3.63) is 63.3 Å². The molecule has 0 radical (unpaired) electrons. The van der Waals surface area contributed by atoms with Crippen molar-refractivity contribution in [2.75, 3.05) is 29.9 Å². The number of hydrogen-bond acceptors (Lipinski definition) is 7. The van der Waals surface area contributed by atoms with Gasteiger partial charge in [0.25, 0.3) is 0 Å². The molecule has 1 aliphatic heterocycles. The highest BCUT2D eigenvalue weighted by Crippen LogP contribution is 2.34. The molecule has 0 spiro atoms. The number of rotatable bonds is 6. The summed E-state index contributed by atoms with van der Waals surface area (Å²) >= 11 is 4.85. The number of urea groups is 1. The van der Waals surface area contributed by atoms with Gasteiger partial charge in [-0.3, -0.25) is 10.1 Å². The van der Waals surface area contributed by atoms with Crippen LogP contribution in [0.15, 0.2) is 46.5 Å². The summed E-state index contributed by atoms with van der Waals surface area (Å²) in [4.78, 5) is 38.9. The molecular formula is C22H24BrN7O2S. The highest BCUT2D eigenvalue weighted by molar-refractivity contribution is 9.10. The van der Waals surface area contributed by atoms with Crippen LogP contribution in [0.5, 0.6) is 0 Å². The summed E-state index contributed by atoms with van der Waals surface area (Å²) in [6.07, 6.45) is 3.30. The minimum Gasteiger partial charge on any atom is -0.353 e. The van der Waals surface area contributed by atoms with Gasteiger partial charge in [-0.05, 0) is 17.7 Å². The number of aromatic nitrogens is 3. The SMILES string of the molecule is CC(C)(c1ccc(Br)cc1)c1csc(NC(=O)NCc2cnc(N3CCNC(=O)C3)nc2)n1. The highest BCUT2D eigenvalue weighted by Gasteiger charge is 2.26. The second kappa shape index (κ2) is 9.84. The molecule has 1 fully saturated rings. The van der Waals surface area contributed by atoms with Gasteiger partial charge in [0.1, 0.15) is 0 Å². The lowest BCUT2D eigenvalue weighted by Gasteiger charge is -2.26. The molecule has 4 rings (SSSR count). The second-order valence-corrected chi connectivity index (χ2v) is 9.91. The number of halogens is 1. The van der Waals surface area contributed by atoms with Crippen LogP contribution >= 0.6 is 27.3 Å². The van der Waals surface area contributed by atoms with Crippen LogP contribution in [-0.4, -0.2) is 46.5 Å². The normalized spacial score (nSPS) is 14.0. The Morgan fingerprint density at radius 2 is 1.97 bits per heavy atom. The number of carbonyl (C=O) groups excluding carboxylic acids is 2. The van der Waals surface area contributed by atoms with E-state index in [9.17, 15) is 9.59 Å². The number of nitrogens with one attached hydrogen (secondary N) is 3. The standard InChI is InChI=1S/C22H24BrN7O2S/c1-22(2,15-3-5-16(23)6-4-15)17-13-33-21(28-17)29-20(32)27-11-14-9-25-19(26-10-14)30-8-7-24-18(31)12-30/h3-6,9-10,13H,7-8,11-12H2,1-2H3,(H,24,31)(H2,27,28,29,32). The fraction of sp³-hybridized carbons (Fsp3) is 0.318. The molecule has 3 aromatic rings. The maximum absolute atomic E-state index is 12.3. The van der Waals surface area contributed by atoms with Crippen LogP contribution in [0.2, 0.25) is 0 Å². The Hall–Kier alpha value is -3.05. The van der Waals surface area contributed by atoms with Gasteiger partial charge < -0.3 is 15.5 Å². The van der Waals surface area contributed by atoms with Gasteiger partial charge in [0.15, 0.2) is 5.13 Å². The van der Waals surface area contributed by atoms with Crippen molar-refractivity contribution in [3.63, 3.8) is 0 Å². The largest absolute Gasteiger partial charge is 0.353 e. The first-order valence-electron chi connectivity index (χ1n) is 10.4. The monoisotopic (exact) mass is 529 g/mol. The van der Waals surface area contributed by atoms with E-state index in [1.807, 2.05) is 22.4 Å². The first-order chi connectivity index (χ1) is 15.8. The predicted molar refractivity (Wildman–Crippen MR) is 131 cm³/mol. The fourth-order valence-electron chi connectivity index (χ4n) is 3.37.